The van der Waals surface area contributed by atoms with Crippen LogP contribution in [0.4, 0.5) is 17.2 Å². The lowest BCUT2D eigenvalue weighted by atomic mass is 9.70. The average Bonchev–Trinajstić information content (AvgIpc) is 3.74. The molecule has 4 heterocycles. The molecule has 3 fully saturated rings. The molecule has 262 valence electrons. The van der Waals surface area contributed by atoms with Gasteiger partial charge in [0.2, 0.25) is 5.91 Å². The Hall–Kier alpha value is -4.24. The van der Waals surface area contributed by atoms with Crippen LogP contribution in [0.15, 0.2) is 48.8 Å². The number of imidazole rings is 1. The first kappa shape index (κ1) is 32.9. The summed E-state index contributed by atoms with van der Waals surface area (Å²) in [5, 5.41) is 6.30. The van der Waals surface area contributed by atoms with Crippen molar-refractivity contribution < 1.29 is 9.59 Å². The topological polar surface area (TPSA) is 95.4 Å². The molecule has 8 rings (SSSR count). The van der Waals surface area contributed by atoms with Gasteiger partial charge in [-0.1, -0.05) is 51.3 Å². The lowest BCUT2D eigenvalue weighted by Gasteiger charge is -2.46. The van der Waals surface area contributed by atoms with Gasteiger partial charge in [0, 0.05) is 54.2 Å². The molecule has 50 heavy (non-hydrogen) atoms. The van der Waals surface area contributed by atoms with E-state index >= 15 is 0 Å². The zero-order valence-corrected chi connectivity index (χ0v) is 30.5. The summed E-state index contributed by atoms with van der Waals surface area (Å²) in [5.41, 5.74) is 8.11. The Labute approximate surface area is 295 Å². The number of hydrogen-bond donors (Lipinski definition) is 2. The maximum atomic E-state index is 14.6. The predicted molar refractivity (Wildman–Crippen MR) is 200 cm³/mol. The Morgan fingerprint density at radius 3 is 2.46 bits per heavy atom. The number of carbonyl (C=O) groups is 2. The van der Waals surface area contributed by atoms with Crippen LogP contribution in [0, 0.1) is 12.3 Å². The van der Waals surface area contributed by atoms with Gasteiger partial charge in [-0.3, -0.25) is 14.5 Å². The smallest absolute Gasteiger partial charge is 0.251 e. The average molecular weight is 674 g/mol. The van der Waals surface area contributed by atoms with E-state index in [1.54, 1.807) is 7.05 Å². The van der Waals surface area contributed by atoms with Crippen LogP contribution >= 0.6 is 0 Å². The summed E-state index contributed by atoms with van der Waals surface area (Å²) in [5.74, 6) is 0.880. The van der Waals surface area contributed by atoms with Crippen molar-refractivity contribution in [2.24, 2.45) is 5.41 Å². The number of hydrogen-bond acceptors (Lipinski definition) is 6. The highest BCUT2D eigenvalue weighted by Crippen LogP contribution is 2.54. The molecule has 2 amide bonds. The van der Waals surface area contributed by atoms with Gasteiger partial charge in [0.1, 0.15) is 5.52 Å². The van der Waals surface area contributed by atoms with Gasteiger partial charge in [0.25, 0.3) is 5.91 Å². The predicted octanol–water partition coefficient (Wildman–Crippen LogP) is 7.90. The van der Waals surface area contributed by atoms with Crippen LogP contribution in [0.3, 0.4) is 0 Å². The van der Waals surface area contributed by atoms with Gasteiger partial charge >= 0.3 is 0 Å². The first-order chi connectivity index (χ1) is 24.0. The molecule has 9 heteroatoms. The van der Waals surface area contributed by atoms with Gasteiger partial charge < -0.3 is 20.1 Å². The minimum Gasteiger partial charge on any atom is -0.355 e. The summed E-state index contributed by atoms with van der Waals surface area (Å²) in [4.78, 5) is 42.2. The third-order valence-corrected chi connectivity index (χ3v) is 12.2. The lowest BCUT2D eigenvalue weighted by molar-refractivity contribution is -0.125. The molecule has 1 saturated heterocycles. The van der Waals surface area contributed by atoms with Gasteiger partial charge in [0.15, 0.2) is 5.82 Å². The van der Waals surface area contributed by atoms with Crippen molar-refractivity contribution >= 4 is 40.0 Å². The second-order valence-corrected chi connectivity index (χ2v) is 16.4. The van der Waals surface area contributed by atoms with Crippen molar-refractivity contribution in [3.8, 4) is 11.3 Å². The number of likely N-dealkylation sites (tertiary alicyclic amines) is 1. The SMILES string of the molecule is CNC(=O)c1cc(Nc2nc(-c3ccc4c(c3)N(C3CC(N5CCC(C)(C)C5)C3)C(=O)C43CCCCC3)cc3ncn(C(C)C)c23)ccc1C. The zero-order chi connectivity index (χ0) is 34.9. The Kier molecular flexibility index (Phi) is 8.05. The van der Waals surface area contributed by atoms with Crippen molar-refractivity contribution in [1.29, 1.82) is 0 Å². The maximum absolute atomic E-state index is 14.6. The maximum Gasteiger partial charge on any atom is 0.251 e. The second kappa shape index (κ2) is 12.2. The van der Waals surface area contributed by atoms with E-state index in [1.165, 1.54) is 18.4 Å². The number of anilines is 3. The van der Waals surface area contributed by atoms with E-state index in [1.807, 2.05) is 31.5 Å². The Morgan fingerprint density at radius 2 is 1.76 bits per heavy atom. The number of carbonyl (C=O) groups excluding carboxylic acids is 2. The zero-order valence-electron chi connectivity index (χ0n) is 30.5. The molecule has 2 aliphatic carbocycles. The van der Waals surface area contributed by atoms with Gasteiger partial charge in [-0.05, 0) is 100 Å². The van der Waals surface area contributed by atoms with Gasteiger partial charge in [-0.2, -0.15) is 0 Å². The number of rotatable bonds is 7. The van der Waals surface area contributed by atoms with Crippen LogP contribution in [0.1, 0.15) is 107 Å². The number of benzene rings is 2. The summed E-state index contributed by atoms with van der Waals surface area (Å²) < 4.78 is 2.13. The van der Waals surface area contributed by atoms with Crippen LogP contribution in [0.5, 0.6) is 0 Å². The fourth-order valence-corrected chi connectivity index (χ4v) is 9.19. The summed E-state index contributed by atoms with van der Waals surface area (Å²) in [6, 6.07) is 15.5. The van der Waals surface area contributed by atoms with E-state index in [0.29, 0.717) is 28.7 Å². The summed E-state index contributed by atoms with van der Waals surface area (Å²) in [6.45, 7) is 13.3. The molecular formula is C41H51N7O2. The van der Waals surface area contributed by atoms with Crippen LogP contribution < -0.4 is 15.5 Å². The molecule has 0 unspecified atom stereocenters. The number of nitrogens with one attached hydrogen (secondary N) is 2. The Bertz CT molecular complexity index is 1980. The molecule has 2 aliphatic heterocycles. The van der Waals surface area contributed by atoms with Gasteiger partial charge in [-0.15, -0.1) is 0 Å². The summed E-state index contributed by atoms with van der Waals surface area (Å²) in [7, 11) is 1.65. The Balaban J connectivity index is 1.18. The molecule has 4 aromatic rings. The minimum absolute atomic E-state index is 0.125. The van der Waals surface area contributed by atoms with Crippen molar-refractivity contribution in [2.75, 3.05) is 30.4 Å². The molecule has 1 spiro atoms. The number of aryl methyl sites for hydroxylation is 1. The highest BCUT2D eigenvalue weighted by molar-refractivity contribution is 6.09. The normalized spacial score (nSPS) is 22.7. The quantitative estimate of drug-likeness (QED) is 0.207. The monoisotopic (exact) mass is 673 g/mol. The number of fused-ring (bicyclic) bond motifs is 3. The first-order valence-electron chi connectivity index (χ1n) is 18.7. The van der Waals surface area contributed by atoms with Crippen LogP contribution in [-0.4, -0.2) is 63.5 Å². The first-order valence-corrected chi connectivity index (χ1v) is 18.7. The van der Waals surface area contributed by atoms with Gasteiger partial charge in [-0.25, -0.2) is 9.97 Å². The van der Waals surface area contributed by atoms with E-state index in [2.05, 4.69) is 77.0 Å². The molecule has 4 aliphatic rings. The molecule has 0 radical (unpaired) electrons. The fraction of sp³-hybridized carbons (Fsp3) is 0.512. The van der Waals surface area contributed by atoms with Crippen LogP contribution in [0.25, 0.3) is 22.3 Å². The van der Waals surface area contributed by atoms with E-state index in [-0.39, 0.29) is 18.0 Å². The molecule has 2 saturated carbocycles. The van der Waals surface area contributed by atoms with Crippen molar-refractivity contribution in [3.63, 3.8) is 0 Å². The van der Waals surface area contributed by atoms with Crippen LogP contribution in [-0.2, 0) is 10.2 Å². The largest absolute Gasteiger partial charge is 0.355 e. The molecule has 9 nitrogen and oxygen atoms in total. The minimum atomic E-state index is -0.402. The van der Waals surface area contributed by atoms with Crippen molar-refractivity contribution in [1.82, 2.24) is 24.8 Å². The van der Waals surface area contributed by atoms with E-state index in [4.69, 9.17) is 9.97 Å². The number of nitrogens with zero attached hydrogens (tertiary/aromatic N) is 5. The number of amides is 2. The summed E-state index contributed by atoms with van der Waals surface area (Å²) in [6.07, 6.45) is 10.5. The highest BCUT2D eigenvalue weighted by atomic mass is 16.2. The standard InChI is InChI=1S/C41H51N7O2/c1-25(2)47-24-43-34-22-33(45-37(36(34)47)44-28-12-10-26(3)31(19-28)38(49)42-6)27-11-13-32-35(18-27)48(39(50)41(32)14-8-7-9-15-41)30-20-29(21-30)46-17-16-40(4,5)23-46/h10-13,18-19,22,24-25,29-30H,7-9,14-17,20-21,23H2,1-6H3,(H,42,49)(H,44,45). The third kappa shape index (κ3) is 5.40. The second-order valence-electron chi connectivity index (χ2n) is 16.4. The molecule has 2 aromatic carbocycles. The van der Waals surface area contributed by atoms with Crippen LogP contribution in [0.2, 0.25) is 0 Å². The third-order valence-electron chi connectivity index (χ3n) is 12.2. The van der Waals surface area contributed by atoms with E-state index in [0.717, 1.165) is 90.8 Å². The van der Waals surface area contributed by atoms with E-state index < -0.39 is 5.41 Å². The van der Waals surface area contributed by atoms with Gasteiger partial charge in [0.05, 0.1) is 23.0 Å². The molecular weight excluding hydrogens is 622 g/mol. The van der Waals surface area contributed by atoms with Crippen molar-refractivity contribution in [3.05, 3.63) is 65.5 Å². The summed E-state index contributed by atoms with van der Waals surface area (Å²) >= 11 is 0. The van der Waals surface area contributed by atoms with E-state index in [9.17, 15) is 9.59 Å². The molecule has 2 N–H and O–H groups in total. The molecule has 0 bridgehead atoms. The Morgan fingerprint density at radius 1 is 0.980 bits per heavy atom. The lowest BCUT2D eigenvalue weighted by Crippen LogP contribution is -2.56. The van der Waals surface area contributed by atoms with Crippen molar-refractivity contribution in [2.45, 2.75) is 110 Å². The fourth-order valence-electron chi connectivity index (χ4n) is 9.19. The highest BCUT2D eigenvalue weighted by Gasteiger charge is 2.55. The number of aromatic nitrogens is 3. The molecule has 2 aromatic heterocycles. The number of pyridine rings is 1. The molecule has 0 atom stereocenters.